The van der Waals surface area contributed by atoms with E-state index in [0.717, 1.165) is 22.1 Å². The summed E-state index contributed by atoms with van der Waals surface area (Å²) in [6, 6.07) is 13.3. The maximum atomic E-state index is 12.3. The van der Waals surface area contributed by atoms with Gasteiger partial charge in [0.1, 0.15) is 6.54 Å². The van der Waals surface area contributed by atoms with Crippen LogP contribution >= 0.6 is 23.4 Å². The Balaban J connectivity index is 1.85. The largest absolute Gasteiger partial charge is 0.354 e. The molecule has 0 aliphatic carbocycles. The first-order valence-electron chi connectivity index (χ1n) is 8.80. The smallest absolute Gasteiger partial charge is 0.240 e. The molecule has 0 fully saturated rings. The molecular weight excluding hydrogens is 416 g/mol. The molecule has 152 valence electrons. The van der Waals surface area contributed by atoms with E-state index in [1.165, 1.54) is 11.1 Å². The molecule has 28 heavy (non-hydrogen) atoms. The van der Waals surface area contributed by atoms with Gasteiger partial charge in [0.05, 0.1) is 11.9 Å². The van der Waals surface area contributed by atoms with E-state index in [4.69, 9.17) is 11.6 Å². The number of nitrogens with zero attached hydrogens (tertiary/aromatic N) is 1. The number of halogens is 1. The molecule has 2 aromatic rings. The second kappa shape index (κ2) is 10.2. The molecule has 1 N–H and O–H groups in total. The van der Waals surface area contributed by atoms with Crippen molar-refractivity contribution in [1.82, 2.24) is 5.32 Å². The molecule has 5 nitrogen and oxygen atoms in total. The number of benzene rings is 2. The molecule has 8 heteroatoms. The van der Waals surface area contributed by atoms with Gasteiger partial charge >= 0.3 is 0 Å². The number of rotatable bonds is 9. The molecule has 0 aliphatic heterocycles. The fourth-order valence-electron chi connectivity index (χ4n) is 2.60. The molecule has 2 rings (SSSR count). The average molecular weight is 441 g/mol. The van der Waals surface area contributed by atoms with Crippen LogP contribution in [0.25, 0.3) is 0 Å². The van der Waals surface area contributed by atoms with Crippen molar-refractivity contribution in [3.8, 4) is 0 Å². The van der Waals surface area contributed by atoms with Crippen LogP contribution in [0.5, 0.6) is 0 Å². The molecule has 2 aromatic carbocycles. The van der Waals surface area contributed by atoms with Gasteiger partial charge < -0.3 is 5.32 Å². The van der Waals surface area contributed by atoms with Crippen LogP contribution in [0.3, 0.4) is 0 Å². The van der Waals surface area contributed by atoms with Crippen molar-refractivity contribution in [2.75, 3.05) is 29.4 Å². The Labute approximate surface area is 176 Å². The van der Waals surface area contributed by atoms with Crippen LogP contribution < -0.4 is 9.62 Å². The summed E-state index contributed by atoms with van der Waals surface area (Å²) < 4.78 is 25.4. The van der Waals surface area contributed by atoms with Crippen LogP contribution in [0.4, 0.5) is 5.69 Å². The Morgan fingerprint density at radius 1 is 1.14 bits per heavy atom. The summed E-state index contributed by atoms with van der Waals surface area (Å²) in [7, 11) is -3.60. The van der Waals surface area contributed by atoms with Crippen molar-refractivity contribution in [1.29, 1.82) is 0 Å². The van der Waals surface area contributed by atoms with Gasteiger partial charge in [0, 0.05) is 23.1 Å². The Hall–Kier alpha value is -1.70. The number of nitrogens with one attached hydrogen (secondary N) is 1. The van der Waals surface area contributed by atoms with Crippen molar-refractivity contribution in [2.24, 2.45) is 0 Å². The monoisotopic (exact) mass is 440 g/mol. The van der Waals surface area contributed by atoms with E-state index >= 15 is 0 Å². The highest BCUT2D eigenvalue weighted by molar-refractivity contribution is 7.98. The lowest BCUT2D eigenvalue weighted by Crippen LogP contribution is -2.41. The van der Waals surface area contributed by atoms with Crippen molar-refractivity contribution < 1.29 is 13.2 Å². The molecule has 0 saturated carbocycles. The zero-order valence-corrected chi connectivity index (χ0v) is 18.6. The van der Waals surface area contributed by atoms with Gasteiger partial charge in [-0.2, -0.15) is 11.8 Å². The van der Waals surface area contributed by atoms with E-state index < -0.39 is 10.0 Å². The zero-order chi connectivity index (χ0) is 20.7. The first-order chi connectivity index (χ1) is 13.2. The number of sulfonamides is 1. The predicted molar refractivity (Wildman–Crippen MR) is 119 cm³/mol. The number of hydrogen-bond donors (Lipinski definition) is 1. The van der Waals surface area contributed by atoms with E-state index in [1.807, 2.05) is 0 Å². The Morgan fingerprint density at radius 3 is 2.43 bits per heavy atom. The Kier molecular flexibility index (Phi) is 8.22. The van der Waals surface area contributed by atoms with Gasteiger partial charge in [-0.15, -0.1) is 0 Å². The van der Waals surface area contributed by atoms with Crippen LogP contribution in [0, 0.1) is 13.8 Å². The minimum Gasteiger partial charge on any atom is -0.354 e. The molecule has 0 spiro atoms. The fourth-order valence-corrected chi connectivity index (χ4v) is 4.56. The van der Waals surface area contributed by atoms with Gasteiger partial charge in [-0.1, -0.05) is 41.4 Å². The first kappa shape index (κ1) is 22.6. The third kappa shape index (κ3) is 7.04. The number of anilines is 1. The summed E-state index contributed by atoms with van der Waals surface area (Å²) in [6.07, 6.45) is 1.09. The van der Waals surface area contributed by atoms with Crippen LogP contribution in [0.2, 0.25) is 5.02 Å². The lowest BCUT2D eigenvalue weighted by Gasteiger charge is -2.23. The summed E-state index contributed by atoms with van der Waals surface area (Å²) in [5, 5.41) is 3.31. The summed E-state index contributed by atoms with van der Waals surface area (Å²) in [6.45, 7) is 4.04. The van der Waals surface area contributed by atoms with Crippen LogP contribution in [-0.2, 0) is 20.6 Å². The molecule has 0 unspecified atom stereocenters. The Bertz CT molecular complexity index is 916. The molecule has 0 bridgehead atoms. The number of hydrogen-bond acceptors (Lipinski definition) is 4. The lowest BCUT2D eigenvalue weighted by molar-refractivity contribution is -0.119. The standard InChI is InChI=1S/C20H25ClN2O3S2/c1-15-4-6-17(7-5-15)14-27-11-10-22-20(24)13-23(28(3,25)26)19-9-8-18(21)12-16(19)2/h4-9,12H,10-11,13-14H2,1-3H3,(H,22,24). The number of carbonyl (C=O) groups is 1. The average Bonchev–Trinajstić information content (AvgIpc) is 2.61. The fraction of sp³-hybridized carbons (Fsp3) is 0.350. The molecule has 0 aliphatic rings. The van der Waals surface area contributed by atoms with E-state index in [0.29, 0.717) is 22.8 Å². The second-order valence-corrected chi connectivity index (χ2v) is 10.0. The molecule has 0 radical (unpaired) electrons. The number of aryl methyl sites for hydroxylation is 2. The SMILES string of the molecule is Cc1ccc(CSCCNC(=O)CN(c2ccc(Cl)cc2C)S(C)(=O)=O)cc1. The van der Waals surface area contributed by atoms with Crippen LogP contribution in [0.1, 0.15) is 16.7 Å². The van der Waals surface area contributed by atoms with Crippen molar-refractivity contribution in [2.45, 2.75) is 19.6 Å². The third-order valence-electron chi connectivity index (χ3n) is 4.07. The van der Waals surface area contributed by atoms with E-state index in [-0.39, 0.29) is 12.5 Å². The maximum absolute atomic E-state index is 12.3. The van der Waals surface area contributed by atoms with Crippen LogP contribution in [-0.4, -0.2) is 39.4 Å². The summed E-state index contributed by atoms with van der Waals surface area (Å²) >= 11 is 7.66. The highest BCUT2D eigenvalue weighted by Crippen LogP contribution is 2.25. The van der Waals surface area contributed by atoms with Crippen molar-refractivity contribution >= 4 is 45.0 Å². The predicted octanol–water partition coefficient (Wildman–Crippen LogP) is 3.77. The number of amides is 1. The van der Waals surface area contributed by atoms with Gasteiger partial charge in [0.25, 0.3) is 0 Å². The van der Waals surface area contributed by atoms with Gasteiger partial charge in [0.15, 0.2) is 0 Å². The van der Waals surface area contributed by atoms with E-state index in [2.05, 4.69) is 36.5 Å². The molecule has 0 aromatic heterocycles. The second-order valence-electron chi connectivity index (χ2n) is 6.59. The van der Waals surface area contributed by atoms with Gasteiger partial charge in [-0.05, 0) is 43.2 Å². The highest BCUT2D eigenvalue weighted by atomic mass is 35.5. The van der Waals surface area contributed by atoms with E-state index in [9.17, 15) is 13.2 Å². The minimum absolute atomic E-state index is 0.260. The zero-order valence-electron chi connectivity index (χ0n) is 16.2. The lowest BCUT2D eigenvalue weighted by atomic mass is 10.2. The molecule has 0 atom stereocenters. The normalized spacial score (nSPS) is 11.3. The maximum Gasteiger partial charge on any atom is 0.240 e. The topological polar surface area (TPSA) is 66.5 Å². The molecule has 0 heterocycles. The van der Waals surface area contributed by atoms with Crippen molar-refractivity contribution in [3.05, 3.63) is 64.2 Å². The summed E-state index contributed by atoms with van der Waals surface area (Å²) in [5.41, 5.74) is 3.62. The minimum atomic E-state index is -3.60. The van der Waals surface area contributed by atoms with Gasteiger partial charge in [-0.25, -0.2) is 8.42 Å². The van der Waals surface area contributed by atoms with Gasteiger partial charge in [-0.3, -0.25) is 9.10 Å². The van der Waals surface area contributed by atoms with Gasteiger partial charge in [0.2, 0.25) is 15.9 Å². The number of carbonyl (C=O) groups excluding carboxylic acids is 1. The Morgan fingerprint density at radius 2 is 1.82 bits per heavy atom. The number of thioether (sulfide) groups is 1. The summed E-state index contributed by atoms with van der Waals surface area (Å²) in [5.74, 6) is 1.28. The molecular formula is C20H25ClN2O3S2. The summed E-state index contributed by atoms with van der Waals surface area (Å²) in [4.78, 5) is 12.3. The van der Waals surface area contributed by atoms with Crippen molar-refractivity contribution in [3.63, 3.8) is 0 Å². The van der Waals surface area contributed by atoms with Crippen LogP contribution in [0.15, 0.2) is 42.5 Å². The molecule has 0 saturated heterocycles. The van der Waals surface area contributed by atoms with E-state index in [1.54, 1.807) is 36.9 Å². The first-order valence-corrected chi connectivity index (χ1v) is 12.2. The third-order valence-corrected chi connectivity index (χ3v) is 6.46. The highest BCUT2D eigenvalue weighted by Gasteiger charge is 2.22. The quantitative estimate of drug-likeness (QED) is 0.602. The molecule has 1 amide bonds.